The molecule has 1 atom stereocenters. The zero-order valence-electron chi connectivity index (χ0n) is 9.10. The summed E-state index contributed by atoms with van der Waals surface area (Å²) < 4.78 is 1.98. The molecule has 0 saturated heterocycles. The van der Waals surface area contributed by atoms with E-state index in [2.05, 4.69) is 4.98 Å². The Morgan fingerprint density at radius 2 is 2.25 bits per heavy atom. The van der Waals surface area contributed by atoms with Crippen LogP contribution in [0.2, 0.25) is 0 Å². The molecule has 2 aromatic heterocycles. The Hall–Kier alpha value is -1.64. The molecule has 1 aliphatic rings. The molecule has 1 aliphatic carbocycles. The summed E-state index contributed by atoms with van der Waals surface area (Å²) in [6, 6.07) is 4.02. The van der Waals surface area contributed by atoms with E-state index < -0.39 is 0 Å². The van der Waals surface area contributed by atoms with Crippen molar-refractivity contribution in [2.45, 2.75) is 31.6 Å². The second kappa shape index (κ2) is 3.74. The molecule has 0 bridgehead atoms. The predicted octanol–water partition coefficient (Wildman–Crippen LogP) is 2.56. The van der Waals surface area contributed by atoms with Gasteiger partial charge < -0.3 is 4.40 Å². The normalized spacial score (nSPS) is 21.5. The van der Waals surface area contributed by atoms with E-state index in [9.17, 15) is 4.79 Å². The van der Waals surface area contributed by atoms with Gasteiger partial charge in [-0.2, -0.15) is 0 Å². The number of pyridine rings is 1. The lowest BCUT2D eigenvalue weighted by atomic mass is 9.84. The summed E-state index contributed by atoms with van der Waals surface area (Å²) in [6.07, 6.45) is 9.71. The predicted molar refractivity (Wildman–Crippen MR) is 61.4 cm³/mol. The van der Waals surface area contributed by atoms with Gasteiger partial charge in [-0.15, -0.1) is 0 Å². The molecule has 0 aromatic carbocycles. The van der Waals surface area contributed by atoms with Crippen LogP contribution in [0.5, 0.6) is 0 Å². The number of rotatable bonds is 1. The number of ketones is 1. The van der Waals surface area contributed by atoms with Crippen LogP contribution in [0.1, 0.15) is 37.2 Å². The fraction of sp³-hybridized carbons (Fsp3) is 0.385. The number of Topliss-reactive ketones (excluding diaryl/α,β-unsaturated/α-hetero) is 1. The summed E-state index contributed by atoms with van der Waals surface area (Å²) >= 11 is 0. The quantitative estimate of drug-likeness (QED) is 0.731. The van der Waals surface area contributed by atoms with E-state index in [1.54, 1.807) is 6.20 Å². The van der Waals surface area contributed by atoms with Gasteiger partial charge >= 0.3 is 0 Å². The first-order valence-electron chi connectivity index (χ1n) is 5.80. The van der Waals surface area contributed by atoms with Gasteiger partial charge in [0.1, 0.15) is 11.4 Å². The molecular weight excluding hydrogens is 200 g/mol. The van der Waals surface area contributed by atoms with Crippen LogP contribution in [0.25, 0.3) is 5.65 Å². The topological polar surface area (TPSA) is 34.4 Å². The lowest BCUT2D eigenvalue weighted by Gasteiger charge is -2.20. The van der Waals surface area contributed by atoms with E-state index in [0.29, 0.717) is 5.78 Å². The Morgan fingerprint density at radius 3 is 3.12 bits per heavy atom. The van der Waals surface area contributed by atoms with E-state index in [0.717, 1.165) is 30.5 Å². The maximum Gasteiger partial charge on any atom is 0.140 e. The van der Waals surface area contributed by atoms with Gasteiger partial charge in [-0.1, -0.05) is 12.5 Å². The number of imidazole rings is 1. The molecule has 1 saturated carbocycles. The van der Waals surface area contributed by atoms with Gasteiger partial charge in [-0.3, -0.25) is 4.79 Å². The molecule has 0 aliphatic heterocycles. The summed E-state index contributed by atoms with van der Waals surface area (Å²) in [4.78, 5) is 16.0. The van der Waals surface area contributed by atoms with Gasteiger partial charge in [-0.05, 0) is 24.5 Å². The van der Waals surface area contributed by atoms with Gasteiger partial charge in [0.25, 0.3) is 0 Å². The van der Waals surface area contributed by atoms with Crippen molar-refractivity contribution in [3.05, 3.63) is 36.3 Å². The number of carbonyl (C=O) groups is 1. The molecule has 3 nitrogen and oxygen atoms in total. The SMILES string of the molecule is O=C1CCCCC1c1ccc2nccn2c1. The first kappa shape index (κ1) is 9.58. The molecule has 82 valence electrons. The summed E-state index contributed by atoms with van der Waals surface area (Å²) in [5.41, 5.74) is 2.07. The average Bonchev–Trinajstić information content (AvgIpc) is 2.76. The monoisotopic (exact) mass is 214 g/mol. The highest BCUT2D eigenvalue weighted by Crippen LogP contribution is 2.29. The minimum atomic E-state index is 0.112. The van der Waals surface area contributed by atoms with Gasteiger partial charge in [-0.25, -0.2) is 4.98 Å². The first-order chi connectivity index (χ1) is 7.84. The van der Waals surface area contributed by atoms with Gasteiger partial charge in [0.2, 0.25) is 0 Å². The second-order valence-corrected chi connectivity index (χ2v) is 4.42. The average molecular weight is 214 g/mol. The van der Waals surface area contributed by atoms with Crippen LogP contribution >= 0.6 is 0 Å². The van der Waals surface area contributed by atoms with Crippen molar-refractivity contribution in [1.29, 1.82) is 0 Å². The van der Waals surface area contributed by atoms with Gasteiger partial charge in [0.15, 0.2) is 0 Å². The molecule has 0 amide bonds. The van der Waals surface area contributed by atoms with E-state index in [1.165, 1.54) is 6.42 Å². The fourth-order valence-electron chi connectivity index (χ4n) is 2.48. The minimum absolute atomic E-state index is 0.112. The molecule has 2 heterocycles. The van der Waals surface area contributed by atoms with E-state index in [1.807, 2.05) is 28.9 Å². The van der Waals surface area contributed by atoms with Crippen molar-refractivity contribution in [2.75, 3.05) is 0 Å². The number of fused-ring (bicyclic) bond motifs is 1. The van der Waals surface area contributed by atoms with Crippen LogP contribution in [-0.2, 0) is 4.79 Å². The summed E-state index contributed by atoms with van der Waals surface area (Å²) in [7, 11) is 0. The third-order valence-electron chi connectivity index (χ3n) is 3.37. The molecule has 3 heteroatoms. The zero-order valence-corrected chi connectivity index (χ0v) is 9.10. The van der Waals surface area contributed by atoms with Crippen LogP contribution in [-0.4, -0.2) is 15.2 Å². The molecule has 3 rings (SSSR count). The summed E-state index contributed by atoms with van der Waals surface area (Å²) in [5.74, 6) is 0.506. The first-order valence-corrected chi connectivity index (χ1v) is 5.80. The molecule has 0 spiro atoms. The third kappa shape index (κ3) is 1.52. The Kier molecular flexibility index (Phi) is 2.24. The molecule has 1 unspecified atom stereocenters. The lowest BCUT2D eigenvalue weighted by molar-refractivity contribution is -0.121. The van der Waals surface area contributed by atoms with Crippen LogP contribution in [0.15, 0.2) is 30.7 Å². The molecule has 2 aromatic rings. The lowest BCUT2D eigenvalue weighted by Crippen LogP contribution is -2.17. The van der Waals surface area contributed by atoms with Gasteiger partial charge in [0.05, 0.1) is 0 Å². The zero-order chi connectivity index (χ0) is 11.0. The van der Waals surface area contributed by atoms with Crippen molar-refractivity contribution < 1.29 is 4.79 Å². The summed E-state index contributed by atoms with van der Waals surface area (Å²) in [6.45, 7) is 0. The van der Waals surface area contributed by atoms with Crippen molar-refractivity contribution in [3.63, 3.8) is 0 Å². The maximum atomic E-state index is 11.8. The number of hydrogen-bond acceptors (Lipinski definition) is 2. The molecule has 0 radical (unpaired) electrons. The number of nitrogens with zero attached hydrogens (tertiary/aromatic N) is 2. The van der Waals surface area contributed by atoms with Crippen molar-refractivity contribution in [1.82, 2.24) is 9.38 Å². The fourth-order valence-corrected chi connectivity index (χ4v) is 2.48. The Bertz CT molecular complexity index is 529. The molecule has 1 fully saturated rings. The standard InChI is InChI=1S/C13H14N2O/c16-12-4-2-1-3-11(12)10-5-6-13-14-7-8-15(13)9-10/h5-9,11H,1-4H2. The van der Waals surface area contributed by atoms with Crippen LogP contribution < -0.4 is 0 Å². The second-order valence-electron chi connectivity index (χ2n) is 4.42. The van der Waals surface area contributed by atoms with Crippen LogP contribution in [0.3, 0.4) is 0 Å². The number of hydrogen-bond donors (Lipinski definition) is 0. The Balaban J connectivity index is 2.00. The van der Waals surface area contributed by atoms with Crippen molar-refractivity contribution >= 4 is 11.4 Å². The molecule has 0 N–H and O–H groups in total. The van der Waals surface area contributed by atoms with Crippen LogP contribution in [0, 0.1) is 0 Å². The largest absolute Gasteiger partial charge is 0.307 e. The minimum Gasteiger partial charge on any atom is -0.307 e. The van der Waals surface area contributed by atoms with Crippen LogP contribution in [0.4, 0.5) is 0 Å². The van der Waals surface area contributed by atoms with Gasteiger partial charge in [0, 0.05) is 30.9 Å². The number of aromatic nitrogens is 2. The smallest absolute Gasteiger partial charge is 0.140 e. The third-order valence-corrected chi connectivity index (χ3v) is 3.37. The van der Waals surface area contributed by atoms with E-state index >= 15 is 0 Å². The Morgan fingerprint density at radius 1 is 1.31 bits per heavy atom. The van der Waals surface area contributed by atoms with Crippen molar-refractivity contribution in [3.8, 4) is 0 Å². The highest BCUT2D eigenvalue weighted by atomic mass is 16.1. The molecular formula is C13H14N2O. The highest BCUT2D eigenvalue weighted by molar-refractivity contribution is 5.86. The summed E-state index contributed by atoms with van der Waals surface area (Å²) in [5, 5.41) is 0. The molecule has 16 heavy (non-hydrogen) atoms. The van der Waals surface area contributed by atoms with E-state index in [4.69, 9.17) is 0 Å². The number of carbonyl (C=O) groups excluding carboxylic acids is 1. The van der Waals surface area contributed by atoms with E-state index in [-0.39, 0.29) is 5.92 Å². The highest BCUT2D eigenvalue weighted by Gasteiger charge is 2.23. The Labute approximate surface area is 94.1 Å². The van der Waals surface area contributed by atoms with Crippen molar-refractivity contribution in [2.24, 2.45) is 0 Å². The maximum absolute atomic E-state index is 11.8.